The highest BCUT2D eigenvalue weighted by Crippen LogP contribution is 2.30. The predicted molar refractivity (Wildman–Crippen MR) is 93.6 cm³/mol. The Morgan fingerprint density at radius 2 is 2.04 bits per heavy atom. The third-order valence-electron chi connectivity index (χ3n) is 3.95. The van der Waals surface area contributed by atoms with Crippen LogP contribution in [0.25, 0.3) is 0 Å². The molecule has 0 spiro atoms. The number of aromatic nitrogens is 1. The minimum atomic E-state index is 0.0871. The third-order valence-corrected chi connectivity index (χ3v) is 5.79. The van der Waals surface area contributed by atoms with Gasteiger partial charge in [-0.25, -0.2) is 4.98 Å². The van der Waals surface area contributed by atoms with E-state index in [2.05, 4.69) is 15.3 Å². The van der Waals surface area contributed by atoms with Gasteiger partial charge in [-0.15, -0.1) is 22.7 Å². The van der Waals surface area contributed by atoms with E-state index in [-0.39, 0.29) is 5.91 Å². The largest absolute Gasteiger partial charge is 0.495 e. The molecule has 1 amide bonds. The first kappa shape index (κ1) is 16.4. The molecule has 1 fully saturated rings. The van der Waals surface area contributed by atoms with Gasteiger partial charge >= 0.3 is 0 Å². The van der Waals surface area contributed by atoms with E-state index in [1.165, 1.54) is 11.3 Å². The highest BCUT2D eigenvalue weighted by molar-refractivity contribution is 7.14. The van der Waals surface area contributed by atoms with Gasteiger partial charge in [0.25, 0.3) is 5.91 Å². The standard InChI is InChI=1S/C16H21N3O2S2/c1-11-8-14(21-3)15(23-11)16(20)19-6-4-18(5-7-19)9-13-10-22-12(2)17-13/h8,10H,4-7,9H2,1-3H3. The van der Waals surface area contributed by atoms with Gasteiger partial charge in [0.1, 0.15) is 10.6 Å². The average Bonchev–Trinajstić information content (AvgIpc) is 3.12. The fraction of sp³-hybridized carbons (Fsp3) is 0.500. The van der Waals surface area contributed by atoms with Crippen LogP contribution in [0, 0.1) is 13.8 Å². The number of ether oxygens (including phenoxy) is 1. The van der Waals surface area contributed by atoms with Crippen LogP contribution in [0.1, 0.15) is 25.3 Å². The van der Waals surface area contributed by atoms with Gasteiger partial charge in [-0.1, -0.05) is 0 Å². The van der Waals surface area contributed by atoms with Crippen LogP contribution in [-0.2, 0) is 6.54 Å². The fourth-order valence-electron chi connectivity index (χ4n) is 2.75. The topological polar surface area (TPSA) is 45.7 Å². The lowest BCUT2D eigenvalue weighted by Gasteiger charge is -2.34. The first-order valence-electron chi connectivity index (χ1n) is 7.64. The molecule has 0 atom stereocenters. The molecule has 0 radical (unpaired) electrons. The molecule has 7 heteroatoms. The van der Waals surface area contributed by atoms with Gasteiger partial charge in [-0.2, -0.15) is 0 Å². The number of piperazine rings is 1. The number of methoxy groups -OCH3 is 1. The summed E-state index contributed by atoms with van der Waals surface area (Å²) in [5.74, 6) is 0.780. The Morgan fingerprint density at radius 3 is 2.65 bits per heavy atom. The van der Waals surface area contributed by atoms with Crippen molar-refractivity contribution in [3.63, 3.8) is 0 Å². The van der Waals surface area contributed by atoms with Crippen molar-refractivity contribution in [3.05, 3.63) is 31.9 Å². The number of thiophene rings is 1. The molecule has 124 valence electrons. The average molecular weight is 351 g/mol. The van der Waals surface area contributed by atoms with E-state index >= 15 is 0 Å². The molecule has 2 aromatic rings. The predicted octanol–water partition coefficient (Wildman–Crippen LogP) is 2.79. The zero-order valence-electron chi connectivity index (χ0n) is 13.7. The van der Waals surface area contributed by atoms with Gasteiger partial charge in [-0.05, 0) is 19.9 Å². The molecule has 1 aliphatic heterocycles. The molecule has 0 N–H and O–H groups in total. The molecule has 0 saturated carbocycles. The Balaban J connectivity index is 1.58. The third kappa shape index (κ3) is 3.73. The Morgan fingerprint density at radius 1 is 1.30 bits per heavy atom. The van der Waals surface area contributed by atoms with Crippen LogP contribution in [0.4, 0.5) is 0 Å². The summed E-state index contributed by atoms with van der Waals surface area (Å²) in [5, 5.41) is 3.22. The van der Waals surface area contributed by atoms with E-state index in [1.54, 1.807) is 18.4 Å². The van der Waals surface area contributed by atoms with Crippen LogP contribution in [0.2, 0.25) is 0 Å². The quantitative estimate of drug-likeness (QED) is 0.850. The normalized spacial score (nSPS) is 15.9. The molecule has 2 aromatic heterocycles. The van der Waals surface area contributed by atoms with Gasteiger partial charge in [0, 0.05) is 43.0 Å². The Hall–Kier alpha value is -1.44. The Labute approximate surface area is 144 Å². The summed E-state index contributed by atoms with van der Waals surface area (Å²) in [6.07, 6.45) is 0. The number of thiazole rings is 1. The number of hydrogen-bond acceptors (Lipinski definition) is 6. The van der Waals surface area contributed by atoms with E-state index in [9.17, 15) is 4.79 Å². The maximum atomic E-state index is 12.7. The second-order valence-corrected chi connectivity index (χ2v) is 8.00. The first-order chi connectivity index (χ1) is 11.1. The van der Waals surface area contributed by atoms with Crippen LogP contribution in [-0.4, -0.2) is 54.0 Å². The van der Waals surface area contributed by atoms with Crippen LogP contribution in [0.15, 0.2) is 11.4 Å². The molecule has 1 aliphatic rings. The van der Waals surface area contributed by atoms with Crippen molar-refractivity contribution in [1.29, 1.82) is 0 Å². The second-order valence-electron chi connectivity index (χ2n) is 5.68. The van der Waals surface area contributed by atoms with E-state index in [0.29, 0.717) is 10.6 Å². The minimum Gasteiger partial charge on any atom is -0.495 e. The zero-order chi connectivity index (χ0) is 16.4. The van der Waals surface area contributed by atoms with Crippen molar-refractivity contribution < 1.29 is 9.53 Å². The monoisotopic (exact) mass is 351 g/mol. The molecule has 0 aliphatic carbocycles. The number of carbonyl (C=O) groups is 1. The van der Waals surface area contributed by atoms with Crippen LogP contribution in [0.5, 0.6) is 5.75 Å². The smallest absolute Gasteiger partial charge is 0.267 e. The van der Waals surface area contributed by atoms with Gasteiger partial charge in [-0.3, -0.25) is 9.69 Å². The number of amides is 1. The lowest BCUT2D eigenvalue weighted by Crippen LogP contribution is -2.48. The highest BCUT2D eigenvalue weighted by Gasteiger charge is 2.26. The van der Waals surface area contributed by atoms with E-state index in [0.717, 1.165) is 48.3 Å². The van der Waals surface area contributed by atoms with Crippen molar-refractivity contribution in [3.8, 4) is 5.75 Å². The number of hydrogen-bond donors (Lipinski definition) is 0. The molecule has 0 bridgehead atoms. The van der Waals surface area contributed by atoms with Crippen molar-refractivity contribution in [2.45, 2.75) is 20.4 Å². The Bertz CT molecular complexity index is 687. The summed E-state index contributed by atoms with van der Waals surface area (Å²) in [7, 11) is 1.62. The van der Waals surface area contributed by atoms with Crippen molar-refractivity contribution in [2.75, 3.05) is 33.3 Å². The van der Waals surface area contributed by atoms with E-state index in [1.807, 2.05) is 24.8 Å². The maximum Gasteiger partial charge on any atom is 0.267 e. The summed E-state index contributed by atoms with van der Waals surface area (Å²) >= 11 is 3.20. The molecule has 0 aromatic carbocycles. The highest BCUT2D eigenvalue weighted by atomic mass is 32.1. The maximum absolute atomic E-state index is 12.7. The number of aryl methyl sites for hydroxylation is 2. The molecular formula is C16H21N3O2S2. The fourth-order valence-corrected chi connectivity index (χ4v) is 4.31. The molecule has 23 heavy (non-hydrogen) atoms. The van der Waals surface area contributed by atoms with Crippen LogP contribution < -0.4 is 4.74 Å². The van der Waals surface area contributed by atoms with Gasteiger partial charge < -0.3 is 9.64 Å². The number of carbonyl (C=O) groups excluding carboxylic acids is 1. The van der Waals surface area contributed by atoms with Crippen molar-refractivity contribution in [2.24, 2.45) is 0 Å². The lowest BCUT2D eigenvalue weighted by molar-refractivity contribution is 0.0629. The number of nitrogens with zero attached hydrogens (tertiary/aromatic N) is 3. The van der Waals surface area contributed by atoms with Gasteiger partial charge in [0.05, 0.1) is 17.8 Å². The lowest BCUT2D eigenvalue weighted by atomic mass is 10.2. The zero-order valence-corrected chi connectivity index (χ0v) is 15.3. The van der Waals surface area contributed by atoms with E-state index in [4.69, 9.17) is 4.74 Å². The summed E-state index contributed by atoms with van der Waals surface area (Å²) < 4.78 is 5.33. The summed E-state index contributed by atoms with van der Waals surface area (Å²) in [4.78, 5) is 23.3. The SMILES string of the molecule is COc1cc(C)sc1C(=O)N1CCN(Cc2csc(C)n2)CC1. The molecule has 3 rings (SSSR count). The Kier molecular flexibility index (Phi) is 4.99. The van der Waals surface area contributed by atoms with Gasteiger partial charge in [0.15, 0.2) is 0 Å². The number of rotatable bonds is 4. The molecule has 0 unspecified atom stereocenters. The minimum absolute atomic E-state index is 0.0871. The molecule has 1 saturated heterocycles. The summed E-state index contributed by atoms with van der Waals surface area (Å²) in [6.45, 7) is 8.17. The van der Waals surface area contributed by atoms with Crippen LogP contribution >= 0.6 is 22.7 Å². The molecule has 3 heterocycles. The second kappa shape index (κ2) is 6.98. The summed E-state index contributed by atoms with van der Waals surface area (Å²) in [5.41, 5.74) is 1.13. The van der Waals surface area contributed by atoms with Crippen molar-refractivity contribution >= 4 is 28.6 Å². The molecule has 5 nitrogen and oxygen atoms in total. The first-order valence-corrected chi connectivity index (χ1v) is 9.33. The molecular weight excluding hydrogens is 330 g/mol. The van der Waals surface area contributed by atoms with Crippen LogP contribution in [0.3, 0.4) is 0 Å². The van der Waals surface area contributed by atoms with E-state index < -0.39 is 0 Å². The van der Waals surface area contributed by atoms with Gasteiger partial charge in [0.2, 0.25) is 0 Å². The summed E-state index contributed by atoms with van der Waals surface area (Å²) in [6, 6.07) is 1.93. The van der Waals surface area contributed by atoms with Crippen molar-refractivity contribution in [1.82, 2.24) is 14.8 Å².